The predicted octanol–water partition coefficient (Wildman–Crippen LogP) is 3.76. The highest BCUT2D eigenvalue weighted by Crippen LogP contribution is 2.20. The Kier molecular flexibility index (Phi) is 4.77. The van der Waals surface area contributed by atoms with E-state index in [0.29, 0.717) is 22.2 Å². The van der Waals surface area contributed by atoms with Gasteiger partial charge < -0.3 is 14.0 Å². The predicted molar refractivity (Wildman–Crippen MR) is 86.9 cm³/mol. The van der Waals surface area contributed by atoms with Crippen LogP contribution in [0.15, 0.2) is 53.1 Å². The van der Waals surface area contributed by atoms with Crippen LogP contribution in [0.4, 0.5) is 0 Å². The number of aromatic nitrogens is 2. The molecule has 0 fully saturated rings. The van der Waals surface area contributed by atoms with Gasteiger partial charge in [-0.05, 0) is 30.3 Å². The molecule has 0 N–H and O–H groups in total. The molecule has 6 nitrogen and oxygen atoms in total. The highest BCUT2D eigenvalue weighted by Gasteiger charge is 2.13. The van der Waals surface area contributed by atoms with Crippen molar-refractivity contribution in [3.63, 3.8) is 0 Å². The Morgan fingerprint density at radius 1 is 1.21 bits per heavy atom. The second kappa shape index (κ2) is 7.14. The van der Waals surface area contributed by atoms with Crippen molar-refractivity contribution < 1.29 is 18.8 Å². The molecule has 0 aliphatic heterocycles. The van der Waals surface area contributed by atoms with E-state index in [1.165, 1.54) is 7.11 Å². The first-order valence-corrected chi connectivity index (χ1v) is 7.43. The Labute approximate surface area is 143 Å². The van der Waals surface area contributed by atoms with Gasteiger partial charge in [0.15, 0.2) is 6.61 Å². The molecule has 0 amide bonds. The van der Waals surface area contributed by atoms with E-state index in [0.717, 1.165) is 5.56 Å². The van der Waals surface area contributed by atoms with Gasteiger partial charge in [-0.2, -0.15) is 4.98 Å². The Morgan fingerprint density at radius 2 is 2.04 bits per heavy atom. The molecule has 1 aromatic heterocycles. The Balaban J connectivity index is 1.66. The number of methoxy groups -OCH3 is 1. The number of carbonyl (C=O) groups is 1. The first-order valence-electron chi connectivity index (χ1n) is 7.05. The molecule has 7 heteroatoms. The molecular weight excluding hydrogens is 332 g/mol. The van der Waals surface area contributed by atoms with Crippen molar-refractivity contribution in [2.24, 2.45) is 0 Å². The summed E-state index contributed by atoms with van der Waals surface area (Å²) in [6.07, 6.45) is 0. The van der Waals surface area contributed by atoms with Crippen LogP contribution in [0.3, 0.4) is 0 Å². The molecule has 24 heavy (non-hydrogen) atoms. The van der Waals surface area contributed by atoms with E-state index in [1.54, 1.807) is 42.5 Å². The summed E-state index contributed by atoms with van der Waals surface area (Å²) in [5.74, 6) is 0.646. The fourth-order valence-electron chi connectivity index (χ4n) is 2.02. The van der Waals surface area contributed by atoms with Gasteiger partial charge in [-0.3, -0.25) is 0 Å². The van der Waals surface area contributed by atoms with Gasteiger partial charge in [0, 0.05) is 10.6 Å². The maximum absolute atomic E-state index is 12.0. The molecule has 122 valence electrons. The molecule has 1 heterocycles. The molecule has 0 aliphatic rings. The molecule has 3 rings (SSSR count). The van der Waals surface area contributed by atoms with Crippen LogP contribution in [0.5, 0.6) is 5.75 Å². The molecule has 0 radical (unpaired) electrons. The van der Waals surface area contributed by atoms with Gasteiger partial charge in [-0.1, -0.05) is 35.0 Å². The summed E-state index contributed by atoms with van der Waals surface area (Å²) in [6.45, 7) is -0.121. The standard InChI is InChI=1S/C17H13ClN2O4/c1-22-14-7-3-5-12(9-14)17(21)23-10-15-19-16(20-24-15)11-4-2-6-13(18)8-11/h2-9H,10H2,1H3. The summed E-state index contributed by atoms with van der Waals surface area (Å²) >= 11 is 5.93. The van der Waals surface area contributed by atoms with E-state index in [1.807, 2.05) is 6.07 Å². The lowest BCUT2D eigenvalue weighted by Crippen LogP contribution is -2.05. The molecule has 0 spiro atoms. The summed E-state index contributed by atoms with van der Waals surface area (Å²) in [7, 11) is 1.53. The van der Waals surface area contributed by atoms with Crippen LogP contribution in [0.1, 0.15) is 16.2 Å². The minimum atomic E-state index is -0.503. The quantitative estimate of drug-likeness (QED) is 0.656. The largest absolute Gasteiger partial charge is 0.497 e. The van der Waals surface area contributed by atoms with Crippen molar-refractivity contribution >= 4 is 17.6 Å². The van der Waals surface area contributed by atoms with Crippen molar-refractivity contribution in [2.75, 3.05) is 7.11 Å². The first kappa shape index (κ1) is 16.0. The van der Waals surface area contributed by atoms with Crippen LogP contribution in [-0.2, 0) is 11.3 Å². The maximum Gasteiger partial charge on any atom is 0.338 e. The van der Waals surface area contributed by atoms with Gasteiger partial charge in [-0.15, -0.1) is 0 Å². The van der Waals surface area contributed by atoms with E-state index < -0.39 is 5.97 Å². The number of ether oxygens (including phenoxy) is 2. The van der Waals surface area contributed by atoms with E-state index >= 15 is 0 Å². The maximum atomic E-state index is 12.0. The third-order valence-electron chi connectivity index (χ3n) is 3.18. The SMILES string of the molecule is COc1cccc(C(=O)OCc2nc(-c3cccc(Cl)c3)no2)c1. The average molecular weight is 345 g/mol. The van der Waals surface area contributed by atoms with Gasteiger partial charge >= 0.3 is 5.97 Å². The third kappa shape index (κ3) is 3.72. The first-order chi connectivity index (χ1) is 11.7. The minimum Gasteiger partial charge on any atom is -0.497 e. The highest BCUT2D eigenvalue weighted by atomic mass is 35.5. The fourth-order valence-corrected chi connectivity index (χ4v) is 2.21. The number of rotatable bonds is 5. The monoisotopic (exact) mass is 344 g/mol. The Bertz CT molecular complexity index is 863. The normalized spacial score (nSPS) is 10.4. The minimum absolute atomic E-state index is 0.121. The zero-order valence-electron chi connectivity index (χ0n) is 12.7. The van der Waals surface area contributed by atoms with Gasteiger partial charge in [0.2, 0.25) is 5.82 Å². The molecular formula is C17H13ClN2O4. The third-order valence-corrected chi connectivity index (χ3v) is 3.42. The number of hydrogen-bond donors (Lipinski definition) is 0. The molecule has 0 atom stereocenters. The van der Waals surface area contributed by atoms with Gasteiger partial charge in [0.1, 0.15) is 5.75 Å². The summed E-state index contributed by atoms with van der Waals surface area (Å²) in [6, 6.07) is 13.7. The van der Waals surface area contributed by atoms with Crippen molar-refractivity contribution in [3.05, 3.63) is 65.0 Å². The molecule has 2 aromatic carbocycles. The van der Waals surface area contributed by atoms with Gasteiger partial charge in [0.05, 0.1) is 12.7 Å². The smallest absolute Gasteiger partial charge is 0.338 e. The van der Waals surface area contributed by atoms with Crippen LogP contribution in [0, 0.1) is 0 Å². The van der Waals surface area contributed by atoms with Crippen LogP contribution in [-0.4, -0.2) is 23.2 Å². The fraction of sp³-hybridized carbons (Fsp3) is 0.118. The zero-order chi connectivity index (χ0) is 16.9. The lowest BCUT2D eigenvalue weighted by atomic mass is 10.2. The van der Waals surface area contributed by atoms with E-state index in [2.05, 4.69) is 10.1 Å². The number of esters is 1. The molecule has 0 aliphatic carbocycles. The van der Waals surface area contributed by atoms with Crippen LogP contribution in [0.2, 0.25) is 5.02 Å². The molecule has 0 bridgehead atoms. The van der Waals surface area contributed by atoms with Crippen LogP contribution in [0.25, 0.3) is 11.4 Å². The van der Waals surface area contributed by atoms with E-state index in [4.69, 9.17) is 25.6 Å². The molecule has 0 saturated heterocycles. The number of hydrogen-bond acceptors (Lipinski definition) is 6. The lowest BCUT2D eigenvalue weighted by Gasteiger charge is -2.04. The Morgan fingerprint density at radius 3 is 2.83 bits per heavy atom. The van der Waals surface area contributed by atoms with Crippen molar-refractivity contribution in [1.29, 1.82) is 0 Å². The molecule has 0 unspecified atom stereocenters. The molecule has 0 saturated carbocycles. The lowest BCUT2D eigenvalue weighted by molar-refractivity contribution is 0.0429. The van der Waals surface area contributed by atoms with Crippen LogP contribution >= 0.6 is 11.6 Å². The number of carbonyl (C=O) groups excluding carboxylic acids is 1. The topological polar surface area (TPSA) is 74.5 Å². The Hall–Kier alpha value is -2.86. The van der Waals surface area contributed by atoms with E-state index in [9.17, 15) is 4.79 Å². The van der Waals surface area contributed by atoms with E-state index in [-0.39, 0.29) is 12.5 Å². The van der Waals surface area contributed by atoms with Crippen molar-refractivity contribution in [3.8, 4) is 17.1 Å². The van der Waals surface area contributed by atoms with Crippen molar-refractivity contribution in [2.45, 2.75) is 6.61 Å². The summed E-state index contributed by atoms with van der Waals surface area (Å²) in [5, 5.41) is 4.42. The second-order valence-electron chi connectivity index (χ2n) is 4.83. The van der Waals surface area contributed by atoms with Gasteiger partial charge in [0.25, 0.3) is 5.89 Å². The number of benzene rings is 2. The van der Waals surface area contributed by atoms with Gasteiger partial charge in [-0.25, -0.2) is 4.79 Å². The highest BCUT2D eigenvalue weighted by molar-refractivity contribution is 6.30. The summed E-state index contributed by atoms with van der Waals surface area (Å²) < 4.78 is 15.3. The molecule has 3 aromatic rings. The average Bonchev–Trinajstić information content (AvgIpc) is 3.09. The van der Waals surface area contributed by atoms with Crippen molar-refractivity contribution in [1.82, 2.24) is 10.1 Å². The number of nitrogens with zero attached hydrogens (tertiary/aromatic N) is 2. The zero-order valence-corrected chi connectivity index (χ0v) is 13.5. The van der Waals surface area contributed by atoms with Crippen LogP contribution < -0.4 is 4.74 Å². The summed E-state index contributed by atoms with van der Waals surface area (Å²) in [5.41, 5.74) is 1.10. The number of halogens is 1. The summed E-state index contributed by atoms with van der Waals surface area (Å²) in [4.78, 5) is 16.2. The second-order valence-corrected chi connectivity index (χ2v) is 5.27.